The van der Waals surface area contributed by atoms with Crippen molar-refractivity contribution in [2.45, 2.75) is 6.42 Å². The van der Waals surface area contributed by atoms with Crippen molar-refractivity contribution in [3.63, 3.8) is 0 Å². The Kier molecular flexibility index (Phi) is 4.99. The second kappa shape index (κ2) is 6.54. The number of rotatable bonds is 4. The zero-order chi connectivity index (χ0) is 14.7. The minimum Gasteiger partial charge on any atom is -0.362 e. The molecule has 1 fully saturated rings. The van der Waals surface area contributed by atoms with Crippen LogP contribution in [0.1, 0.15) is 16.8 Å². The number of anilines is 1. The average Bonchev–Trinajstić information content (AvgIpc) is 2.86. The lowest BCUT2D eigenvalue weighted by Gasteiger charge is -2.21. The van der Waals surface area contributed by atoms with E-state index in [-0.39, 0.29) is 5.91 Å². The van der Waals surface area contributed by atoms with Crippen LogP contribution in [0.15, 0.2) is 16.7 Å². The number of hydrogen-bond acceptors (Lipinski definition) is 4. The first-order valence-electron chi connectivity index (χ1n) is 6.79. The molecule has 0 saturated carbocycles. The monoisotopic (exact) mass is 340 g/mol. The molecular weight excluding hydrogens is 320 g/mol. The largest absolute Gasteiger partial charge is 0.362 e. The van der Waals surface area contributed by atoms with Crippen LogP contribution in [0.25, 0.3) is 0 Å². The summed E-state index contributed by atoms with van der Waals surface area (Å²) in [6.07, 6.45) is 2.78. The van der Waals surface area contributed by atoms with E-state index in [2.05, 4.69) is 26.2 Å². The molecule has 110 valence electrons. The molecule has 2 heterocycles. The average molecular weight is 341 g/mol. The van der Waals surface area contributed by atoms with Gasteiger partial charge in [0.1, 0.15) is 5.82 Å². The summed E-state index contributed by atoms with van der Waals surface area (Å²) >= 11 is 3.40. The number of nitrogens with zero attached hydrogens (tertiary/aromatic N) is 3. The Balaban J connectivity index is 2.19. The van der Waals surface area contributed by atoms with Gasteiger partial charge in [-0.3, -0.25) is 4.79 Å². The molecule has 1 amide bonds. The van der Waals surface area contributed by atoms with Crippen LogP contribution in [0, 0.1) is 5.92 Å². The third-order valence-electron chi connectivity index (χ3n) is 3.55. The molecule has 20 heavy (non-hydrogen) atoms. The number of aromatic nitrogens is 1. The molecule has 0 radical (unpaired) electrons. The Labute approximate surface area is 128 Å². The molecule has 1 saturated heterocycles. The third-order valence-corrected chi connectivity index (χ3v) is 3.99. The van der Waals surface area contributed by atoms with Gasteiger partial charge in [-0.05, 0) is 47.9 Å². The lowest BCUT2D eigenvalue weighted by Crippen LogP contribution is -2.31. The Bertz CT molecular complexity index is 492. The summed E-state index contributed by atoms with van der Waals surface area (Å²) in [5, 5.41) is 3.18. The standard InChI is InChI=1S/C14H21BrN4O/c1-16-7-10-4-5-19(9-10)14(20)12-6-11(15)8-17-13(12)18(2)3/h6,8,10,16H,4-5,7,9H2,1-3H3/t10-/m1/s1. The Morgan fingerprint density at radius 1 is 1.60 bits per heavy atom. The molecule has 0 aliphatic carbocycles. The lowest BCUT2D eigenvalue weighted by molar-refractivity contribution is 0.0787. The summed E-state index contributed by atoms with van der Waals surface area (Å²) in [6.45, 7) is 2.60. The van der Waals surface area contributed by atoms with Crippen LogP contribution in [0.4, 0.5) is 5.82 Å². The second-order valence-electron chi connectivity index (χ2n) is 5.38. The number of halogens is 1. The van der Waals surface area contributed by atoms with Crippen molar-refractivity contribution in [2.75, 3.05) is 45.7 Å². The molecule has 0 aromatic carbocycles. The van der Waals surface area contributed by atoms with E-state index in [1.807, 2.05) is 37.0 Å². The lowest BCUT2D eigenvalue weighted by atomic mass is 10.1. The molecule has 1 aliphatic rings. The van der Waals surface area contributed by atoms with Gasteiger partial charge in [0, 0.05) is 37.9 Å². The zero-order valence-corrected chi connectivity index (χ0v) is 13.8. The highest BCUT2D eigenvalue weighted by Gasteiger charge is 2.28. The Hall–Kier alpha value is -1.14. The molecule has 5 nitrogen and oxygen atoms in total. The van der Waals surface area contributed by atoms with Crippen molar-refractivity contribution in [1.82, 2.24) is 15.2 Å². The van der Waals surface area contributed by atoms with Gasteiger partial charge in [0.2, 0.25) is 0 Å². The van der Waals surface area contributed by atoms with Gasteiger partial charge in [-0.2, -0.15) is 0 Å². The van der Waals surface area contributed by atoms with Crippen LogP contribution in [0.5, 0.6) is 0 Å². The number of likely N-dealkylation sites (tertiary alicyclic amines) is 1. The molecule has 1 atom stereocenters. The highest BCUT2D eigenvalue weighted by atomic mass is 79.9. The molecule has 0 unspecified atom stereocenters. The van der Waals surface area contributed by atoms with Gasteiger partial charge in [-0.1, -0.05) is 0 Å². The van der Waals surface area contributed by atoms with E-state index in [1.54, 1.807) is 6.20 Å². The maximum Gasteiger partial charge on any atom is 0.257 e. The van der Waals surface area contributed by atoms with E-state index in [4.69, 9.17) is 0 Å². The summed E-state index contributed by atoms with van der Waals surface area (Å²) in [4.78, 5) is 20.8. The van der Waals surface area contributed by atoms with Crippen molar-refractivity contribution in [3.8, 4) is 0 Å². The van der Waals surface area contributed by atoms with Crippen LogP contribution in [-0.4, -0.2) is 56.6 Å². The first-order valence-corrected chi connectivity index (χ1v) is 7.59. The summed E-state index contributed by atoms with van der Waals surface area (Å²) in [5.74, 6) is 1.34. The number of nitrogens with one attached hydrogen (secondary N) is 1. The van der Waals surface area contributed by atoms with Crippen molar-refractivity contribution < 1.29 is 4.79 Å². The summed E-state index contributed by atoms with van der Waals surface area (Å²) in [6, 6.07) is 1.86. The summed E-state index contributed by atoms with van der Waals surface area (Å²) in [7, 11) is 5.76. The van der Waals surface area contributed by atoms with Gasteiger partial charge >= 0.3 is 0 Å². The van der Waals surface area contributed by atoms with Crippen LogP contribution >= 0.6 is 15.9 Å². The van der Waals surface area contributed by atoms with Crippen LogP contribution in [0.3, 0.4) is 0 Å². The van der Waals surface area contributed by atoms with Crippen molar-refractivity contribution in [2.24, 2.45) is 5.92 Å². The minimum atomic E-state index is 0.0705. The van der Waals surface area contributed by atoms with Crippen LogP contribution < -0.4 is 10.2 Å². The molecule has 2 rings (SSSR count). The Morgan fingerprint density at radius 3 is 3.00 bits per heavy atom. The minimum absolute atomic E-state index is 0.0705. The van der Waals surface area contributed by atoms with E-state index in [0.717, 1.165) is 36.3 Å². The number of carbonyl (C=O) groups excluding carboxylic acids is 1. The van der Waals surface area contributed by atoms with E-state index in [0.29, 0.717) is 11.5 Å². The predicted molar refractivity (Wildman–Crippen MR) is 84.2 cm³/mol. The number of pyridine rings is 1. The van der Waals surface area contributed by atoms with Gasteiger partial charge in [0.15, 0.2) is 0 Å². The molecule has 6 heteroatoms. The molecule has 0 spiro atoms. The van der Waals surface area contributed by atoms with Gasteiger partial charge in [-0.25, -0.2) is 4.98 Å². The second-order valence-corrected chi connectivity index (χ2v) is 6.30. The predicted octanol–water partition coefficient (Wildman–Crippen LogP) is 1.59. The van der Waals surface area contributed by atoms with E-state index in [9.17, 15) is 4.79 Å². The first-order chi connectivity index (χ1) is 9.52. The maximum atomic E-state index is 12.7. The molecule has 1 aromatic rings. The first kappa shape index (κ1) is 15.3. The van der Waals surface area contributed by atoms with Gasteiger partial charge in [-0.15, -0.1) is 0 Å². The molecular formula is C14H21BrN4O. The fourth-order valence-electron chi connectivity index (χ4n) is 2.59. The van der Waals surface area contributed by atoms with Gasteiger partial charge in [0.05, 0.1) is 5.56 Å². The number of carbonyl (C=O) groups is 1. The molecule has 1 aliphatic heterocycles. The third kappa shape index (κ3) is 3.30. The fraction of sp³-hybridized carbons (Fsp3) is 0.571. The summed E-state index contributed by atoms with van der Waals surface area (Å²) < 4.78 is 0.831. The normalized spacial score (nSPS) is 18.4. The van der Waals surface area contributed by atoms with Crippen molar-refractivity contribution in [3.05, 3.63) is 22.3 Å². The van der Waals surface area contributed by atoms with Gasteiger partial charge < -0.3 is 15.1 Å². The highest BCUT2D eigenvalue weighted by molar-refractivity contribution is 9.10. The van der Waals surface area contributed by atoms with Crippen LogP contribution in [-0.2, 0) is 0 Å². The van der Waals surface area contributed by atoms with E-state index < -0.39 is 0 Å². The molecule has 1 N–H and O–H groups in total. The zero-order valence-electron chi connectivity index (χ0n) is 12.2. The van der Waals surface area contributed by atoms with E-state index >= 15 is 0 Å². The molecule has 1 aromatic heterocycles. The maximum absolute atomic E-state index is 12.7. The van der Waals surface area contributed by atoms with E-state index in [1.165, 1.54) is 0 Å². The number of hydrogen-bond donors (Lipinski definition) is 1. The summed E-state index contributed by atoms with van der Waals surface area (Å²) in [5.41, 5.74) is 0.662. The van der Waals surface area contributed by atoms with Crippen molar-refractivity contribution >= 4 is 27.7 Å². The Morgan fingerprint density at radius 2 is 2.35 bits per heavy atom. The molecule has 0 bridgehead atoms. The fourth-order valence-corrected chi connectivity index (χ4v) is 2.92. The highest BCUT2D eigenvalue weighted by Crippen LogP contribution is 2.24. The topological polar surface area (TPSA) is 48.5 Å². The van der Waals surface area contributed by atoms with Crippen LogP contribution in [0.2, 0.25) is 0 Å². The smallest absolute Gasteiger partial charge is 0.257 e. The quantitative estimate of drug-likeness (QED) is 0.904. The van der Waals surface area contributed by atoms with Crippen molar-refractivity contribution in [1.29, 1.82) is 0 Å². The van der Waals surface area contributed by atoms with Gasteiger partial charge in [0.25, 0.3) is 5.91 Å². The number of amides is 1. The SMILES string of the molecule is CNC[C@H]1CCN(C(=O)c2cc(Br)cnc2N(C)C)C1.